The zero-order valence-corrected chi connectivity index (χ0v) is 25.7. The molecule has 11 heteroatoms. The quantitative estimate of drug-likeness (QED) is 0.120. The Morgan fingerprint density at radius 3 is 1.22 bits per heavy atom. The standard InChI is InChI=1S/C34H27F3O6S2/c1-24-16-20-27(21-17-24)44(38,39)42-31-14-8-6-12-29(31)33(34(35,36)37,26-10-4-3-5-11-26)30-13-7-9-15-32(30)43-45(40,41)28-22-18-25(2)19-23-28/h3-23H,1-2H3. The van der Waals surface area contributed by atoms with E-state index < -0.39 is 54.5 Å². The molecule has 0 heterocycles. The molecule has 0 radical (unpaired) electrons. The third kappa shape index (κ3) is 6.18. The fourth-order valence-electron chi connectivity index (χ4n) is 5.05. The summed E-state index contributed by atoms with van der Waals surface area (Å²) < 4.78 is 112. The number of para-hydroxylation sites is 2. The van der Waals surface area contributed by atoms with Crippen LogP contribution in [0.25, 0.3) is 0 Å². The summed E-state index contributed by atoms with van der Waals surface area (Å²) in [6.45, 7) is 3.51. The molecule has 0 amide bonds. The highest BCUT2D eigenvalue weighted by Gasteiger charge is 2.61. The molecule has 0 fully saturated rings. The third-order valence-corrected chi connectivity index (χ3v) is 9.73. The molecule has 0 atom stereocenters. The van der Waals surface area contributed by atoms with Gasteiger partial charge in [-0.25, -0.2) is 0 Å². The Kier molecular flexibility index (Phi) is 8.52. The molecule has 0 aliphatic rings. The molecule has 0 aliphatic carbocycles. The lowest BCUT2D eigenvalue weighted by molar-refractivity contribution is -0.166. The van der Waals surface area contributed by atoms with Crippen molar-refractivity contribution < 1.29 is 38.4 Å². The smallest absolute Gasteiger partial charge is 0.379 e. The van der Waals surface area contributed by atoms with Gasteiger partial charge < -0.3 is 8.37 Å². The largest absolute Gasteiger partial charge is 0.406 e. The van der Waals surface area contributed by atoms with E-state index in [1.54, 1.807) is 13.8 Å². The molecule has 0 unspecified atom stereocenters. The number of benzene rings is 5. The molecule has 0 saturated heterocycles. The lowest BCUT2D eigenvalue weighted by atomic mass is 9.68. The Bertz CT molecular complexity index is 1900. The van der Waals surface area contributed by atoms with Gasteiger partial charge in [0.15, 0.2) is 0 Å². The molecule has 5 aromatic carbocycles. The topological polar surface area (TPSA) is 86.7 Å². The van der Waals surface area contributed by atoms with Gasteiger partial charge in [-0.15, -0.1) is 0 Å². The van der Waals surface area contributed by atoms with Crippen LogP contribution in [0.1, 0.15) is 27.8 Å². The maximum Gasteiger partial charge on any atom is 0.406 e. The second kappa shape index (κ2) is 12.1. The minimum Gasteiger partial charge on any atom is -0.379 e. The van der Waals surface area contributed by atoms with Gasteiger partial charge in [-0.05, 0) is 55.8 Å². The number of halogens is 3. The Morgan fingerprint density at radius 1 is 0.489 bits per heavy atom. The van der Waals surface area contributed by atoms with Crippen molar-refractivity contribution in [3.8, 4) is 11.5 Å². The highest BCUT2D eigenvalue weighted by Crippen LogP contribution is 2.56. The van der Waals surface area contributed by atoms with Crippen LogP contribution in [0.15, 0.2) is 137 Å². The first-order valence-electron chi connectivity index (χ1n) is 13.6. The molecule has 0 aliphatic heterocycles. The van der Waals surface area contributed by atoms with E-state index in [0.29, 0.717) is 0 Å². The Morgan fingerprint density at radius 2 is 0.844 bits per heavy atom. The van der Waals surface area contributed by atoms with Crippen molar-refractivity contribution in [2.45, 2.75) is 35.2 Å². The third-order valence-electron chi connectivity index (χ3n) is 7.23. The first kappa shape index (κ1) is 31.8. The molecular formula is C34H27F3O6S2. The van der Waals surface area contributed by atoms with Crippen LogP contribution in [0.2, 0.25) is 0 Å². The van der Waals surface area contributed by atoms with Crippen LogP contribution in [-0.2, 0) is 25.7 Å². The minimum atomic E-state index is -5.19. The van der Waals surface area contributed by atoms with E-state index in [-0.39, 0.29) is 15.4 Å². The molecule has 6 nitrogen and oxygen atoms in total. The Balaban J connectivity index is 1.78. The lowest BCUT2D eigenvalue weighted by Crippen LogP contribution is -2.45. The van der Waals surface area contributed by atoms with Crippen molar-refractivity contribution >= 4 is 20.2 Å². The summed E-state index contributed by atoms with van der Waals surface area (Å²) in [6.07, 6.45) is -5.19. The number of aryl methyl sites for hydroxylation is 2. The predicted molar refractivity (Wildman–Crippen MR) is 163 cm³/mol. The molecule has 232 valence electrons. The zero-order chi connectivity index (χ0) is 32.5. The summed E-state index contributed by atoms with van der Waals surface area (Å²) in [7, 11) is -9.19. The molecule has 0 aromatic heterocycles. The number of hydrogen-bond acceptors (Lipinski definition) is 6. The maximum absolute atomic E-state index is 16.0. The van der Waals surface area contributed by atoms with E-state index in [4.69, 9.17) is 8.37 Å². The summed E-state index contributed by atoms with van der Waals surface area (Å²) in [5.41, 5.74) is -3.14. The van der Waals surface area contributed by atoms with Crippen molar-refractivity contribution in [2.75, 3.05) is 0 Å². The van der Waals surface area contributed by atoms with Gasteiger partial charge in [-0.2, -0.15) is 30.0 Å². The summed E-state index contributed by atoms with van der Waals surface area (Å²) in [6, 6.07) is 27.9. The lowest BCUT2D eigenvalue weighted by Gasteiger charge is -2.38. The van der Waals surface area contributed by atoms with Gasteiger partial charge in [-0.1, -0.05) is 102 Å². The Hall–Kier alpha value is -4.61. The molecule has 0 spiro atoms. The van der Waals surface area contributed by atoms with Crippen LogP contribution >= 0.6 is 0 Å². The average Bonchev–Trinajstić information content (AvgIpc) is 2.99. The SMILES string of the molecule is Cc1ccc(S(=O)(=O)Oc2ccccc2C(c2ccccc2)(c2ccccc2OS(=O)(=O)c2ccc(C)cc2)C(F)(F)F)cc1. The van der Waals surface area contributed by atoms with Crippen LogP contribution < -0.4 is 8.37 Å². The highest BCUT2D eigenvalue weighted by molar-refractivity contribution is 7.87. The van der Waals surface area contributed by atoms with Gasteiger partial charge in [0, 0.05) is 11.1 Å². The average molecular weight is 653 g/mol. The second-order valence-electron chi connectivity index (χ2n) is 10.3. The van der Waals surface area contributed by atoms with E-state index >= 15 is 13.2 Å². The highest BCUT2D eigenvalue weighted by atomic mass is 32.2. The van der Waals surface area contributed by atoms with Crippen molar-refractivity contribution in [2.24, 2.45) is 0 Å². The van der Waals surface area contributed by atoms with Gasteiger partial charge >= 0.3 is 26.4 Å². The van der Waals surface area contributed by atoms with Crippen molar-refractivity contribution in [1.82, 2.24) is 0 Å². The van der Waals surface area contributed by atoms with E-state index in [2.05, 4.69) is 0 Å². The fraction of sp³-hybridized carbons (Fsp3) is 0.118. The van der Waals surface area contributed by atoms with Gasteiger partial charge in [0.25, 0.3) is 0 Å². The van der Waals surface area contributed by atoms with Crippen LogP contribution in [0.4, 0.5) is 13.2 Å². The van der Waals surface area contributed by atoms with Crippen LogP contribution in [0, 0.1) is 13.8 Å². The summed E-state index contributed by atoms with van der Waals surface area (Å²) >= 11 is 0. The van der Waals surface area contributed by atoms with Crippen LogP contribution in [0.5, 0.6) is 11.5 Å². The van der Waals surface area contributed by atoms with Crippen LogP contribution in [0.3, 0.4) is 0 Å². The molecule has 0 N–H and O–H groups in total. The van der Waals surface area contributed by atoms with E-state index in [1.807, 2.05) is 0 Å². The molecular weight excluding hydrogens is 625 g/mol. The monoisotopic (exact) mass is 652 g/mol. The molecule has 5 rings (SSSR count). The van der Waals surface area contributed by atoms with Gasteiger partial charge in [-0.3, -0.25) is 0 Å². The predicted octanol–water partition coefficient (Wildman–Crippen LogP) is 7.74. The van der Waals surface area contributed by atoms with Gasteiger partial charge in [0.1, 0.15) is 26.7 Å². The van der Waals surface area contributed by atoms with Crippen molar-refractivity contribution in [3.63, 3.8) is 0 Å². The van der Waals surface area contributed by atoms with E-state index in [9.17, 15) is 16.8 Å². The van der Waals surface area contributed by atoms with Gasteiger partial charge in [0.05, 0.1) is 0 Å². The van der Waals surface area contributed by atoms with Crippen LogP contribution in [-0.4, -0.2) is 23.0 Å². The second-order valence-corrected chi connectivity index (χ2v) is 13.4. The first-order valence-corrected chi connectivity index (χ1v) is 16.4. The molecule has 0 bridgehead atoms. The molecule has 45 heavy (non-hydrogen) atoms. The number of alkyl halides is 3. The normalized spacial score (nSPS) is 12.5. The number of hydrogen-bond donors (Lipinski definition) is 0. The van der Waals surface area contributed by atoms with Gasteiger partial charge in [0.2, 0.25) is 0 Å². The Labute approximate surface area is 260 Å². The van der Waals surface area contributed by atoms with Crippen molar-refractivity contribution in [3.05, 3.63) is 155 Å². The van der Waals surface area contributed by atoms with Crippen molar-refractivity contribution in [1.29, 1.82) is 0 Å². The van der Waals surface area contributed by atoms with E-state index in [0.717, 1.165) is 35.4 Å². The molecule has 5 aromatic rings. The summed E-state index contributed by atoms with van der Waals surface area (Å²) in [5.74, 6) is -1.20. The first-order chi connectivity index (χ1) is 21.3. The fourth-order valence-corrected chi connectivity index (χ4v) is 6.95. The molecule has 0 saturated carbocycles. The minimum absolute atomic E-state index is 0.256. The number of rotatable bonds is 9. The zero-order valence-electron chi connectivity index (χ0n) is 24.0. The summed E-state index contributed by atoms with van der Waals surface area (Å²) in [5, 5.41) is 0. The maximum atomic E-state index is 16.0. The summed E-state index contributed by atoms with van der Waals surface area (Å²) in [4.78, 5) is -0.513. The van der Waals surface area contributed by atoms with E-state index in [1.165, 1.54) is 103 Å².